The fourth-order valence-corrected chi connectivity index (χ4v) is 1.83. The molecule has 0 aliphatic carbocycles. The average Bonchev–Trinajstić information content (AvgIpc) is 2.61. The van der Waals surface area contributed by atoms with Crippen molar-refractivity contribution in [2.45, 2.75) is 6.42 Å². The molecule has 2 heterocycles. The Kier molecular flexibility index (Phi) is 2.23. The van der Waals surface area contributed by atoms with Crippen molar-refractivity contribution in [2.24, 2.45) is 0 Å². The van der Waals surface area contributed by atoms with Crippen molar-refractivity contribution in [3.05, 3.63) is 40.3 Å². The van der Waals surface area contributed by atoms with Crippen molar-refractivity contribution >= 4 is 17.0 Å². The minimum Gasteiger partial charge on any atom is -0.397 e. The maximum atomic E-state index is 5.74. The van der Waals surface area contributed by atoms with Gasteiger partial charge in [0.25, 0.3) is 0 Å². The Morgan fingerprint density at radius 3 is 2.85 bits per heavy atom. The van der Waals surface area contributed by atoms with Crippen LogP contribution in [0.2, 0.25) is 0 Å². The van der Waals surface area contributed by atoms with Gasteiger partial charge in [-0.2, -0.15) is 10.2 Å². The van der Waals surface area contributed by atoms with Crippen LogP contribution >= 0.6 is 11.3 Å². The van der Waals surface area contributed by atoms with E-state index in [1.807, 2.05) is 6.07 Å². The van der Waals surface area contributed by atoms with E-state index in [-0.39, 0.29) is 0 Å². The van der Waals surface area contributed by atoms with Crippen LogP contribution in [0.1, 0.15) is 10.4 Å². The maximum Gasteiger partial charge on any atom is 0.0728 e. The Morgan fingerprint density at radius 2 is 2.15 bits per heavy atom. The first kappa shape index (κ1) is 8.19. The monoisotopic (exact) mass is 191 g/mol. The van der Waals surface area contributed by atoms with Gasteiger partial charge in [-0.05, 0) is 11.4 Å². The second-order valence-corrected chi connectivity index (χ2v) is 3.76. The van der Waals surface area contributed by atoms with Crippen molar-refractivity contribution in [2.75, 3.05) is 5.73 Å². The minimum absolute atomic E-state index is 0.711. The van der Waals surface area contributed by atoms with Crippen LogP contribution in [0, 0.1) is 0 Å². The van der Waals surface area contributed by atoms with Gasteiger partial charge in [-0.1, -0.05) is 6.07 Å². The zero-order valence-electron chi connectivity index (χ0n) is 6.97. The minimum atomic E-state index is 0.711. The fourth-order valence-electron chi connectivity index (χ4n) is 1.10. The number of nitrogen functional groups attached to an aromatic ring is 1. The average molecular weight is 191 g/mol. The number of nitrogens with zero attached hydrogens (tertiary/aromatic N) is 2. The second kappa shape index (κ2) is 3.53. The summed E-state index contributed by atoms with van der Waals surface area (Å²) < 4.78 is 0. The van der Waals surface area contributed by atoms with Crippen molar-refractivity contribution in [1.82, 2.24) is 10.2 Å². The van der Waals surface area contributed by atoms with Gasteiger partial charge in [0.1, 0.15) is 0 Å². The Hall–Kier alpha value is -1.42. The molecule has 0 radical (unpaired) electrons. The normalized spacial score (nSPS) is 10.2. The molecule has 0 fully saturated rings. The molecular weight excluding hydrogens is 182 g/mol. The summed E-state index contributed by atoms with van der Waals surface area (Å²) in [4.78, 5) is 1.29. The lowest BCUT2D eigenvalue weighted by Gasteiger charge is -2.00. The fraction of sp³-hybridized carbons (Fsp3) is 0.111. The van der Waals surface area contributed by atoms with E-state index in [2.05, 4.69) is 21.6 Å². The molecule has 0 aliphatic heterocycles. The molecule has 2 aromatic heterocycles. The predicted molar refractivity (Wildman–Crippen MR) is 53.6 cm³/mol. The van der Waals surface area contributed by atoms with Crippen LogP contribution in [0.25, 0.3) is 0 Å². The lowest BCUT2D eigenvalue weighted by atomic mass is 10.2. The topological polar surface area (TPSA) is 51.8 Å². The summed E-state index contributed by atoms with van der Waals surface area (Å²) in [5.74, 6) is 0. The van der Waals surface area contributed by atoms with E-state index in [1.165, 1.54) is 4.88 Å². The molecule has 13 heavy (non-hydrogen) atoms. The summed E-state index contributed by atoms with van der Waals surface area (Å²) in [6, 6.07) is 4.12. The van der Waals surface area contributed by atoms with Gasteiger partial charge in [-0.3, -0.25) is 0 Å². The smallest absolute Gasteiger partial charge is 0.0728 e. The van der Waals surface area contributed by atoms with Crippen LogP contribution in [-0.2, 0) is 6.42 Å². The summed E-state index contributed by atoms with van der Waals surface area (Å²) in [7, 11) is 0. The number of anilines is 1. The maximum absolute atomic E-state index is 5.74. The molecule has 66 valence electrons. The molecule has 2 aromatic rings. The van der Waals surface area contributed by atoms with Gasteiger partial charge in [-0.25, -0.2) is 0 Å². The number of aromatic nitrogens is 2. The first-order valence-corrected chi connectivity index (χ1v) is 4.81. The van der Waals surface area contributed by atoms with Crippen LogP contribution in [0.15, 0.2) is 29.9 Å². The molecule has 0 spiro atoms. The van der Waals surface area contributed by atoms with Crippen molar-refractivity contribution in [3.63, 3.8) is 0 Å². The van der Waals surface area contributed by atoms with Crippen molar-refractivity contribution in [1.29, 1.82) is 0 Å². The number of nitrogens with two attached hydrogens (primary N) is 1. The van der Waals surface area contributed by atoms with Gasteiger partial charge in [-0.15, -0.1) is 11.3 Å². The third kappa shape index (κ3) is 1.84. The zero-order valence-corrected chi connectivity index (χ0v) is 7.79. The largest absolute Gasteiger partial charge is 0.397 e. The Labute approximate surface area is 80.2 Å². The standard InChI is InChI=1S/C9H9N3S/c10-9-6-12-11-5-7(9)4-8-2-1-3-13-8/h1-3,5-6H,4H2,(H2,10,11). The summed E-state index contributed by atoms with van der Waals surface area (Å²) in [6.45, 7) is 0. The Bertz CT molecular complexity index is 384. The van der Waals surface area contributed by atoms with E-state index < -0.39 is 0 Å². The van der Waals surface area contributed by atoms with Crippen molar-refractivity contribution in [3.8, 4) is 0 Å². The van der Waals surface area contributed by atoms with Crippen LogP contribution in [-0.4, -0.2) is 10.2 Å². The molecule has 0 aromatic carbocycles. The van der Waals surface area contributed by atoms with Gasteiger partial charge < -0.3 is 5.73 Å². The number of hydrogen-bond acceptors (Lipinski definition) is 4. The SMILES string of the molecule is Nc1cnncc1Cc1cccs1. The molecule has 0 bridgehead atoms. The molecule has 0 atom stereocenters. The zero-order chi connectivity index (χ0) is 9.10. The highest BCUT2D eigenvalue weighted by Crippen LogP contribution is 2.17. The first-order valence-electron chi connectivity index (χ1n) is 3.93. The lowest BCUT2D eigenvalue weighted by Crippen LogP contribution is -1.96. The molecule has 0 saturated carbocycles. The van der Waals surface area contributed by atoms with Gasteiger partial charge in [0.05, 0.1) is 18.1 Å². The highest BCUT2D eigenvalue weighted by atomic mass is 32.1. The van der Waals surface area contributed by atoms with E-state index in [0.29, 0.717) is 5.69 Å². The van der Waals surface area contributed by atoms with E-state index in [9.17, 15) is 0 Å². The molecule has 0 aliphatic rings. The number of hydrogen-bond donors (Lipinski definition) is 1. The first-order chi connectivity index (χ1) is 6.36. The third-order valence-corrected chi connectivity index (χ3v) is 2.67. The van der Waals surface area contributed by atoms with Gasteiger partial charge in [0, 0.05) is 16.9 Å². The van der Waals surface area contributed by atoms with Gasteiger partial charge in [0.15, 0.2) is 0 Å². The quantitative estimate of drug-likeness (QED) is 0.786. The van der Waals surface area contributed by atoms with Crippen LogP contribution in [0.4, 0.5) is 5.69 Å². The molecular formula is C9H9N3S. The summed E-state index contributed by atoms with van der Waals surface area (Å²) in [5.41, 5.74) is 7.49. The van der Waals surface area contributed by atoms with Crippen LogP contribution in [0.3, 0.4) is 0 Å². The molecule has 0 amide bonds. The van der Waals surface area contributed by atoms with E-state index in [0.717, 1.165) is 12.0 Å². The molecule has 0 unspecified atom stereocenters. The Morgan fingerprint density at radius 1 is 1.31 bits per heavy atom. The summed E-state index contributed by atoms with van der Waals surface area (Å²) in [6.07, 6.45) is 4.15. The molecule has 0 saturated heterocycles. The third-order valence-electron chi connectivity index (χ3n) is 1.79. The second-order valence-electron chi connectivity index (χ2n) is 2.73. The van der Waals surface area contributed by atoms with Crippen LogP contribution in [0.5, 0.6) is 0 Å². The lowest BCUT2D eigenvalue weighted by molar-refractivity contribution is 1.00. The summed E-state index contributed by atoms with van der Waals surface area (Å²) >= 11 is 1.72. The van der Waals surface area contributed by atoms with Gasteiger partial charge in [0.2, 0.25) is 0 Å². The van der Waals surface area contributed by atoms with Crippen molar-refractivity contribution < 1.29 is 0 Å². The van der Waals surface area contributed by atoms with Crippen LogP contribution < -0.4 is 5.73 Å². The molecule has 3 nitrogen and oxygen atoms in total. The molecule has 2 rings (SSSR count). The Balaban J connectivity index is 2.24. The highest BCUT2D eigenvalue weighted by molar-refractivity contribution is 7.09. The molecule has 4 heteroatoms. The van der Waals surface area contributed by atoms with E-state index in [4.69, 9.17) is 5.73 Å². The molecule has 2 N–H and O–H groups in total. The van der Waals surface area contributed by atoms with E-state index in [1.54, 1.807) is 23.7 Å². The van der Waals surface area contributed by atoms with E-state index >= 15 is 0 Å². The summed E-state index contributed by atoms with van der Waals surface area (Å²) in [5, 5.41) is 9.56. The van der Waals surface area contributed by atoms with Gasteiger partial charge >= 0.3 is 0 Å². The number of rotatable bonds is 2. The predicted octanol–water partition coefficient (Wildman–Crippen LogP) is 1.71. The highest BCUT2D eigenvalue weighted by Gasteiger charge is 2.01. The number of thiophene rings is 1.